The van der Waals surface area contributed by atoms with Gasteiger partial charge in [-0.1, -0.05) is 45.0 Å². The lowest BCUT2D eigenvalue weighted by atomic mass is 9.84. The zero-order valence-electron chi connectivity index (χ0n) is 18.9. The molecule has 3 N–H and O–H groups in total. The Morgan fingerprint density at radius 3 is 1.97 bits per heavy atom. The van der Waals surface area contributed by atoms with Crippen LogP contribution in [0.5, 0.6) is 0 Å². The van der Waals surface area contributed by atoms with E-state index in [2.05, 4.69) is 36.7 Å². The van der Waals surface area contributed by atoms with Gasteiger partial charge in [0.2, 0.25) is 11.8 Å². The lowest BCUT2D eigenvalue weighted by molar-refractivity contribution is -0.133. The van der Waals surface area contributed by atoms with E-state index in [1.54, 1.807) is 31.2 Å². The molecule has 0 aromatic heterocycles. The van der Waals surface area contributed by atoms with Crippen molar-refractivity contribution in [2.75, 3.05) is 17.2 Å². The molecule has 32 heavy (non-hydrogen) atoms. The second-order valence-electron chi connectivity index (χ2n) is 9.08. The lowest BCUT2D eigenvalue weighted by Gasteiger charge is -2.24. The quantitative estimate of drug-likeness (QED) is 0.625. The van der Waals surface area contributed by atoms with Crippen molar-refractivity contribution in [2.24, 2.45) is 0 Å². The van der Waals surface area contributed by atoms with E-state index in [1.807, 2.05) is 24.3 Å². The molecule has 5 amide bonds. The van der Waals surface area contributed by atoms with Gasteiger partial charge in [0.05, 0.1) is 0 Å². The molecule has 1 heterocycles. The summed E-state index contributed by atoms with van der Waals surface area (Å²) >= 11 is 0. The van der Waals surface area contributed by atoms with E-state index in [0.29, 0.717) is 16.9 Å². The number of hydrogen-bond acceptors (Lipinski definition) is 4. The summed E-state index contributed by atoms with van der Waals surface area (Å²) < 4.78 is 0. The van der Waals surface area contributed by atoms with E-state index in [4.69, 9.17) is 0 Å². The molecule has 1 aliphatic rings. The van der Waals surface area contributed by atoms with Crippen LogP contribution in [0.4, 0.5) is 16.2 Å². The fourth-order valence-electron chi connectivity index (χ4n) is 3.52. The predicted octanol–water partition coefficient (Wildman–Crippen LogP) is 3.35. The van der Waals surface area contributed by atoms with Crippen molar-refractivity contribution >= 4 is 35.1 Å². The van der Waals surface area contributed by atoms with Crippen LogP contribution >= 0.6 is 0 Å². The zero-order valence-corrected chi connectivity index (χ0v) is 18.9. The molecule has 8 heteroatoms. The highest BCUT2D eigenvalue weighted by Gasteiger charge is 2.49. The van der Waals surface area contributed by atoms with E-state index in [0.717, 1.165) is 10.5 Å². The highest BCUT2D eigenvalue weighted by molar-refractivity contribution is 6.10. The zero-order chi connectivity index (χ0) is 23.7. The molecule has 0 saturated carbocycles. The van der Waals surface area contributed by atoms with Crippen LogP contribution in [-0.4, -0.2) is 35.2 Å². The summed E-state index contributed by atoms with van der Waals surface area (Å²) in [7, 11) is 0. The second-order valence-corrected chi connectivity index (χ2v) is 9.08. The van der Waals surface area contributed by atoms with Gasteiger partial charge in [-0.3, -0.25) is 19.3 Å². The molecular formula is C24H28N4O4. The minimum absolute atomic E-state index is 0.0349. The summed E-state index contributed by atoms with van der Waals surface area (Å²) in [6.07, 6.45) is 0. The average Bonchev–Trinajstić information content (AvgIpc) is 2.92. The Morgan fingerprint density at radius 2 is 1.47 bits per heavy atom. The summed E-state index contributed by atoms with van der Waals surface area (Å²) in [6, 6.07) is 13.5. The van der Waals surface area contributed by atoms with Crippen molar-refractivity contribution in [2.45, 2.75) is 45.6 Å². The van der Waals surface area contributed by atoms with Gasteiger partial charge in [-0.15, -0.1) is 0 Å². The Hall–Kier alpha value is -3.68. The number of carbonyl (C=O) groups excluding carboxylic acids is 4. The van der Waals surface area contributed by atoms with Crippen molar-refractivity contribution in [3.05, 3.63) is 59.7 Å². The maximum Gasteiger partial charge on any atom is 0.325 e. The number of amides is 5. The SMILES string of the molecule is CC(=O)Nc1ccc(NC(=O)CN2C(=O)NC(C)(c3ccc(C(C)(C)C)cc3)C2=O)cc1. The van der Waals surface area contributed by atoms with Crippen molar-refractivity contribution in [1.29, 1.82) is 0 Å². The molecule has 0 radical (unpaired) electrons. The van der Waals surface area contributed by atoms with Gasteiger partial charge in [0, 0.05) is 18.3 Å². The number of urea groups is 1. The molecule has 1 unspecified atom stereocenters. The molecule has 2 aromatic carbocycles. The summed E-state index contributed by atoms with van der Waals surface area (Å²) in [5, 5.41) is 8.01. The van der Waals surface area contributed by atoms with Crippen LogP contribution < -0.4 is 16.0 Å². The topological polar surface area (TPSA) is 108 Å². The molecule has 168 valence electrons. The third-order valence-electron chi connectivity index (χ3n) is 5.39. The number of anilines is 2. The Balaban J connectivity index is 1.69. The van der Waals surface area contributed by atoms with Crippen LogP contribution in [-0.2, 0) is 25.3 Å². The van der Waals surface area contributed by atoms with Gasteiger partial charge >= 0.3 is 6.03 Å². The molecule has 1 aliphatic heterocycles. The van der Waals surface area contributed by atoms with Crippen LogP contribution in [0.1, 0.15) is 45.7 Å². The first-order valence-corrected chi connectivity index (χ1v) is 10.3. The summed E-state index contributed by atoms with van der Waals surface area (Å²) in [6.45, 7) is 8.92. The average molecular weight is 437 g/mol. The van der Waals surface area contributed by atoms with Crippen LogP contribution in [0.3, 0.4) is 0 Å². The van der Waals surface area contributed by atoms with Crippen molar-refractivity contribution in [3.8, 4) is 0 Å². The largest absolute Gasteiger partial charge is 0.326 e. The van der Waals surface area contributed by atoms with Gasteiger partial charge in [0.1, 0.15) is 12.1 Å². The molecule has 1 fully saturated rings. The fourth-order valence-corrected chi connectivity index (χ4v) is 3.52. The number of hydrogen-bond donors (Lipinski definition) is 3. The minimum Gasteiger partial charge on any atom is -0.326 e. The van der Waals surface area contributed by atoms with Crippen molar-refractivity contribution < 1.29 is 19.2 Å². The van der Waals surface area contributed by atoms with Gasteiger partial charge < -0.3 is 16.0 Å². The molecule has 3 rings (SSSR count). The molecular weight excluding hydrogens is 408 g/mol. The van der Waals surface area contributed by atoms with Crippen LogP contribution in [0, 0.1) is 0 Å². The highest BCUT2D eigenvalue weighted by atomic mass is 16.2. The van der Waals surface area contributed by atoms with Gasteiger partial charge in [-0.25, -0.2) is 4.79 Å². The van der Waals surface area contributed by atoms with E-state index < -0.39 is 29.9 Å². The molecule has 0 bridgehead atoms. The Bertz CT molecular complexity index is 1050. The fraction of sp³-hybridized carbons (Fsp3) is 0.333. The number of carbonyl (C=O) groups is 4. The molecule has 1 atom stereocenters. The van der Waals surface area contributed by atoms with Gasteiger partial charge in [0.15, 0.2) is 0 Å². The summed E-state index contributed by atoms with van der Waals surface area (Å²) in [4.78, 5) is 50.1. The van der Waals surface area contributed by atoms with Crippen LogP contribution in [0.25, 0.3) is 0 Å². The third kappa shape index (κ3) is 4.80. The highest BCUT2D eigenvalue weighted by Crippen LogP contribution is 2.31. The lowest BCUT2D eigenvalue weighted by Crippen LogP contribution is -2.42. The Labute approximate surface area is 187 Å². The number of nitrogens with one attached hydrogen (secondary N) is 3. The number of benzene rings is 2. The Morgan fingerprint density at radius 1 is 0.938 bits per heavy atom. The molecule has 0 aliphatic carbocycles. The van der Waals surface area contributed by atoms with Gasteiger partial charge in [-0.05, 0) is 47.7 Å². The number of rotatable bonds is 5. The first kappa shape index (κ1) is 23.0. The maximum atomic E-state index is 13.1. The number of nitrogens with zero attached hydrogens (tertiary/aromatic N) is 1. The van der Waals surface area contributed by atoms with E-state index >= 15 is 0 Å². The molecule has 0 spiro atoms. The third-order valence-corrected chi connectivity index (χ3v) is 5.39. The Kier molecular flexibility index (Phi) is 6.07. The smallest absolute Gasteiger partial charge is 0.325 e. The molecule has 8 nitrogen and oxygen atoms in total. The van der Waals surface area contributed by atoms with E-state index in [9.17, 15) is 19.2 Å². The van der Waals surface area contributed by atoms with Crippen LogP contribution in [0.2, 0.25) is 0 Å². The van der Waals surface area contributed by atoms with Crippen LogP contribution in [0.15, 0.2) is 48.5 Å². The minimum atomic E-state index is -1.24. The summed E-state index contributed by atoms with van der Waals surface area (Å²) in [5.74, 6) is -1.19. The molecule has 1 saturated heterocycles. The summed E-state index contributed by atoms with van der Waals surface area (Å²) in [5.41, 5.74) is 1.57. The predicted molar refractivity (Wildman–Crippen MR) is 122 cm³/mol. The first-order chi connectivity index (χ1) is 14.9. The monoisotopic (exact) mass is 436 g/mol. The van der Waals surface area contributed by atoms with Crippen molar-refractivity contribution in [3.63, 3.8) is 0 Å². The first-order valence-electron chi connectivity index (χ1n) is 10.3. The van der Waals surface area contributed by atoms with Gasteiger partial charge in [0.25, 0.3) is 5.91 Å². The van der Waals surface area contributed by atoms with Gasteiger partial charge in [-0.2, -0.15) is 0 Å². The molecule has 2 aromatic rings. The number of imide groups is 1. The van der Waals surface area contributed by atoms with E-state index in [-0.39, 0.29) is 11.3 Å². The van der Waals surface area contributed by atoms with E-state index in [1.165, 1.54) is 6.92 Å². The maximum absolute atomic E-state index is 13.1. The van der Waals surface area contributed by atoms with Crippen molar-refractivity contribution in [1.82, 2.24) is 10.2 Å². The standard InChI is InChI=1S/C24H28N4O4/c1-15(29)25-18-10-12-19(13-11-18)26-20(30)14-28-21(31)24(5,27-22(28)32)17-8-6-16(7-9-17)23(2,3)4/h6-13H,14H2,1-5H3,(H,25,29)(H,26,30)(H,27,32). The normalized spacial score (nSPS) is 18.3. The second kappa shape index (κ2) is 8.45.